The molecule has 0 aromatic heterocycles. The minimum Gasteiger partial charge on any atom is -0.362 e. The summed E-state index contributed by atoms with van der Waals surface area (Å²) in [6, 6.07) is 6.88. The first-order valence-electron chi connectivity index (χ1n) is 7.40. The van der Waals surface area contributed by atoms with Crippen molar-refractivity contribution >= 4 is 11.6 Å². The van der Waals surface area contributed by atoms with Gasteiger partial charge in [0.15, 0.2) is 0 Å². The Hall–Kier alpha value is -1.89. The number of hydrogen-bond acceptors (Lipinski definition) is 3. The molecule has 1 aliphatic heterocycles. The highest BCUT2D eigenvalue weighted by Crippen LogP contribution is 2.41. The van der Waals surface area contributed by atoms with E-state index in [9.17, 15) is 23.1 Å². The van der Waals surface area contributed by atoms with Crippen molar-refractivity contribution in [2.75, 3.05) is 0 Å². The molecule has 4 nitrogen and oxygen atoms in total. The first-order valence-corrected chi connectivity index (χ1v) is 7.40. The summed E-state index contributed by atoms with van der Waals surface area (Å²) in [5.41, 5.74) is -1.76. The number of benzene rings is 1. The molecule has 1 aromatic rings. The molecule has 0 spiro atoms. The second-order valence-corrected chi connectivity index (χ2v) is 5.89. The Labute approximate surface area is 132 Å². The van der Waals surface area contributed by atoms with Gasteiger partial charge in [0.1, 0.15) is 0 Å². The van der Waals surface area contributed by atoms with Gasteiger partial charge in [0, 0.05) is 5.92 Å². The number of carbonyl (C=O) groups excluding carboxylic acids is 1. The molecule has 1 amide bonds. The van der Waals surface area contributed by atoms with Gasteiger partial charge in [0.25, 0.3) is 5.72 Å². The third-order valence-corrected chi connectivity index (χ3v) is 3.84. The molecule has 7 heteroatoms. The van der Waals surface area contributed by atoms with Gasteiger partial charge in [-0.25, -0.2) is 0 Å². The van der Waals surface area contributed by atoms with Crippen LogP contribution in [0.1, 0.15) is 38.3 Å². The van der Waals surface area contributed by atoms with Crippen LogP contribution < -0.4 is 0 Å². The molecular formula is C16H19F3N2O2. The topological polar surface area (TPSA) is 52.9 Å². The molecule has 1 atom stereocenters. The fraction of sp³-hybridized carbons (Fsp3) is 0.500. The summed E-state index contributed by atoms with van der Waals surface area (Å²) in [4.78, 5) is 12.0. The van der Waals surface area contributed by atoms with Crippen LogP contribution in [0.2, 0.25) is 0 Å². The molecule has 0 fully saturated rings. The number of hydrazone groups is 1. The van der Waals surface area contributed by atoms with E-state index in [1.165, 1.54) is 13.8 Å². The van der Waals surface area contributed by atoms with Crippen molar-refractivity contribution in [1.82, 2.24) is 5.01 Å². The molecule has 1 aliphatic rings. The smallest absolute Gasteiger partial charge is 0.362 e. The number of aryl methyl sites for hydroxylation is 1. The van der Waals surface area contributed by atoms with E-state index in [0.29, 0.717) is 5.56 Å². The summed E-state index contributed by atoms with van der Waals surface area (Å²) in [6.45, 7) is 4.89. The number of rotatable bonds is 3. The van der Waals surface area contributed by atoms with E-state index in [2.05, 4.69) is 5.10 Å². The lowest BCUT2D eigenvalue weighted by Gasteiger charge is -2.33. The van der Waals surface area contributed by atoms with Crippen molar-refractivity contribution in [1.29, 1.82) is 0 Å². The molecule has 23 heavy (non-hydrogen) atoms. The van der Waals surface area contributed by atoms with Gasteiger partial charge in [-0.05, 0) is 17.5 Å². The molecule has 0 aliphatic carbocycles. The number of hydrogen-bond donors (Lipinski definition) is 1. The Kier molecular flexibility index (Phi) is 4.52. The second kappa shape index (κ2) is 5.96. The highest BCUT2D eigenvalue weighted by molar-refractivity contribution is 6.03. The first-order chi connectivity index (χ1) is 10.6. The maximum Gasteiger partial charge on any atom is 0.438 e. The molecule has 126 valence electrons. The molecule has 2 rings (SSSR count). The highest BCUT2D eigenvalue weighted by Gasteiger charge is 2.63. The average molecular weight is 328 g/mol. The largest absolute Gasteiger partial charge is 0.438 e. The van der Waals surface area contributed by atoms with Crippen LogP contribution in [0.3, 0.4) is 0 Å². The minimum atomic E-state index is -4.99. The number of nitrogens with zero attached hydrogens (tertiary/aromatic N) is 2. The van der Waals surface area contributed by atoms with E-state index in [-0.39, 0.29) is 10.7 Å². The normalized spacial score (nSPS) is 21.7. The van der Waals surface area contributed by atoms with Gasteiger partial charge in [-0.1, -0.05) is 45.0 Å². The van der Waals surface area contributed by atoms with Gasteiger partial charge in [-0.15, -0.1) is 0 Å². The Balaban J connectivity index is 2.42. The monoisotopic (exact) mass is 328 g/mol. The second-order valence-electron chi connectivity index (χ2n) is 5.89. The van der Waals surface area contributed by atoms with Crippen LogP contribution >= 0.6 is 0 Å². The number of alkyl halides is 3. The highest BCUT2D eigenvalue weighted by atomic mass is 19.4. The number of aliphatic hydroxyl groups is 1. The summed E-state index contributed by atoms with van der Waals surface area (Å²) in [7, 11) is 0. The summed E-state index contributed by atoms with van der Waals surface area (Å²) in [5.74, 6) is -1.58. The van der Waals surface area contributed by atoms with Crippen molar-refractivity contribution in [3.8, 4) is 0 Å². The predicted octanol–water partition coefficient (Wildman–Crippen LogP) is 3.09. The van der Waals surface area contributed by atoms with Crippen LogP contribution in [0.25, 0.3) is 0 Å². The van der Waals surface area contributed by atoms with Crippen LogP contribution in [-0.4, -0.2) is 33.6 Å². The average Bonchev–Trinajstić information content (AvgIpc) is 2.85. The first kappa shape index (κ1) is 17.5. The van der Waals surface area contributed by atoms with Crippen LogP contribution in [0.5, 0.6) is 0 Å². The zero-order valence-corrected chi connectivity index (χ0v) is 13.2. The van der Waals surface area contributed by atoms with Gasteiger partial charge in [0.2, 0.25) is 5.91 Å². The predicted molar refractivity (Wildman–Crippen MR) is 79.7 cm³/mol. The van der Waals surface area contributed by atoms with Gasteiger partial charge in [-0.2, -0.15) is 23.3 Å². The van der Waals surface area contributed by atoms with Crippen molar-refractivity contribution < 1.29 is 23.1 Å². The number of amides is 1. The SMILES string of the molecule is CCc1ccc(C2=NN(C(=O)C(C)C)C(O)(C(F)(F)F)C2)cc1. The molecule has 0 saturated heterocycles. The molecule has 0 bridgehead atoms. The Morgan fingerprint density at radius 1 is 1.35 bits per heavy atom. The van der Waals surface area contributed by atoms with Gasteiger partial charge < -0.3 is 5.11 Å². The van der Waals surface area contributed by atoms with E-state index in [4.69, 9.17) is 0 Å². The van der Waals surface area contributed by atoms with Crippen LogP contribution in [0.15, 0.2) is 29.4 Å². The van der Waals surface area contributed by atoms with Crippen molar-refractivity contribution in [2.24, 2.45) is 11.0 Å². The molecular weight excluding hydrogens is 309 g/mol. The number of carbonyl (C=O) groups is 1. The Bertz CT molecular complexity index is 623. The van der Waals surface area contributed by atoms with Crippen LogP contribution in [-0.2, 0) is 11.2 Å². The van der Waals surface area contributed by atoms with Crippen molar-refractivity contribution in [3.63, 3.8) is 0 Å². The third kappa shape index (κ3) is 3.10. The van der Waals surface area contributed by atoms with E-state index in [0.717, 1.165) is 12.0 Å². The lowest BCUT2D eigenvalue weighted by atomic mass is 9.99. The van der Waals surface area contributed by atoms with Crippen LogP contribution in [0.4, 0.5) is 13.2 Å². The van der Waals surface area contributed by atoms with Gasteiger partial charge in [0.05, 0.1) is 12.1 Å². The van der Waals surface area contributed by atoms with Gasteiger partial charge in [-0.3, -0.25) is 4.79 Å². The van der Waals surface area contributed by atoms with E-state index >= 15 is 0 Å². The maximum atomic E-state index is 13.3. The molecule has 1 aromatic carbocycles. The van der Waals surface area contributed by atoms with E-state index in [1.807, 2.05) is 6.92 Å². The molecule has 1 N–H and O–H groups in total. The zero-order chi connectivity index (χ0) is 17.4. The van der Waals surface area contributed by atoms with Crippen LogP contribution in [0, 0.1) is 5.92 Å². The molecule has 0 saturated carbocycles. The molecule has 0 radical (unpaired) electrons. The Morgan fingerprint density at radius 3 is 2.35 bits per heavy atom. The summed E-state index contributed by atoms with van der Waals surface area (Å²) in [6.07, 6.45) is -4.97. The molecule has 1 unspecified atom stereocenters. The number of halogens is 3. The van der Waals surface area contributed by atoms with Gasteiger partial charge >= 0.3 is 6.18 Å². The molecule has 1 heterocycles. The fourth-order valence-electron chi connectivity index (χ4n) is 2.34. The minimum absolute atomic E-state index is 0.0430. The summed E-state index contributed by atoms with van der Waals surface area (Å²) in [5, 5.41) is 14.1. The lowest BCUT2D eigenvalue weighted by molar-refractivity contribution is -0.303. The maximum absolute atomic E-state index is 13.3. The van der Waals surface area contributed by atoms with Crippen molar-refractivity contribution in [2.45, 2.75) is 45.5 Å². The van der Waals surface area contributed by atoms with Crippen molar-refractivity contribution in [3.05, 3.63) is 35.4 Å². The summed E-state index contributed by atoms with van der Waals surface area (Å²) >= 11 is 0. The van der Waals surface area contributed by atoms with E-state index in [1.54, 1.807) is 24.3 Å². The standard InChI is InChI=1S/C16H19F3N2O2/c1-4-11-5-7-12(8-6-11)13-9-15(23,16(17,18)19)21(20-13)14(22)10(2)3/h5-8,10,23H,4,9H2,1-3H3. The zero-order valence-electron chi connectivity index (χ0n) is 13.2. The summed E-state index contributed by atoms with van der Waals surface area (Å²) < 4.78 is 39.9. The van der Waals surface area contributed by atoms with E-state index < -0.39 is 30.1 Å². The Morgan fingerprint density at radius 2 is 1.91 bits per heavy atom. The lowest BCUT2D eigenvalue weighted by Crippen LogP contribution is -2.57. The fourth-order valence-corrected chi connectivity index (χ4v) is 2.34. The third-order valence-electron chi connectivity index (χ3n) is 3.84. The quantitative estimate of drug-likeness (QED) is 0.927.